The standard InChI is InChI=1S/C30H37Cl2N5O3/c1-4-5-22(16-33)30(40)37-10-8-24(9-11-37)34-18-28(38)36-27(21-6-7-25(31)26(32)15-21)17-35-29(39)23-13-19(2)12-20(3)14-23/h4-7,12-16,24,27,34H,8-11,17-18,33H2,1-3H3,(H,35,39)(H,36,38)/b5-4-,22-16+. The van der Waals surface area contributed by atoms with E-state index >= 15 is 0 Å². The Morgan fingerprint density at radius 2 is 1.73 bits per heavy atom. The number of benzene rings is 2. The Bertz CT molecular complexity index is 1270. The average molecular weight is 587 g/mol. The number of allylic oxidation sites excluding steroid dienone is 1. The molecule has 0 bridgehead atoms. The van der Waals surface area contributed by atoms with Gasteiger partial charge in [0.25, 0.3) is 11.8 Å². The molecule has 214 valence electrons. The van der Waals surface area contributed by atoms with Crippen molar-refractivity contribution in [1.29, 1.82) is 0 Å². The first-order valence-corrected chi connectivity index (χ1v) is 14.0. The summed E-state index contributed by atoms with van der Waals surface area (Å²) >= 11 is 12.3. The fraction of sp³-hybridized carbons (Fsp3) is 0.367. The van der Waals surface area contributed by atoms with Gasteiger partial charge in [0.2, 0.25) is 5.91 Å². The molecule has 5 N–H and O–H groups in total. The summed E-state index contributed by atoms with van der Waals surface area (Å²) in [7, 11) is 0. The molecular weight excluding hydrogens is 549 g/mol. The average Bonchev–Trinajstić information content (AvgIpc) is 2.93. The van der Waals surface area contributed by atoms with Crippen LogP contribution in [0.15, 0.2) is 60.3 Å². The molecule has 0 aromatic heterocycles. The van der Waals surface area contributed by atoms with Gasteiger partial charge in [-0.3, -0.25) is 14.4 Å². The minimum atomic E-state index is -0.522. The van der Waals surface area contributed by atoms with E-state index in [0.29, 0.717) is 34.3 Å². The van der Waals surface area contributed by atoms with Gasteiger partial charge >= 0.3 is 0 Å². The number of halogens is 2. The van der Waals surface area contributed by atoms with Gasteiger partial charge in [0.05, 0.1) is 28.2 Å². The molecule has 1 saturated heterocycles. The zero-order chi connectivity index (χ0) is 29.2. The van der Waals surface area contributed by atoms with E-state index in [1.54, 1.807) is 35.3 Å². The van der Waals surface area contributed by atoms with Crippen molar-refractivity contribution in [1.82, 2.24) is 20.9 Å². The topological polar surface area (TPSA) is 117 Å². The Hall–Kier alpha value is -3.33. The normalized spacial score (nSPS) is 15.2. The Balaban J connectivity index is 1.58. The first kappa shape index (κ1) is 31.2. The van der Waals surface area contributed by atoms with Gasteiger partial charge in [0, 0.05) is 37.4 Å². The molecule has 1 aliphatic rings. The van der Waals surface area contributed by atoms with Crippen LogP contribution in [0.2, 0.25) is 10.0 Å². The predicted molar refractivity (Wildman–Crippen MR) is 160 cm³/mol. The zero-order valence-corrected chi connectivity index (χ0v) is 24.6. The number of rotatable bonds is 10. The molecule has 0 radical (unpaired) electrons. The lowest BCUT2D eigenvalue weighted by Crippen LogP contribution is -2.48. The van der Waals surface area contributed by atoms with E-state index in [2.05, 4.69) is 16.0 Å². The van der Waals surface area contributed by atoms with Gasteiger partial charge in [-0.15, -0.1) is 0 Å². The number of amides is 3. The SMILES string of the molecule is C/C=C\C(=C/N)C(=O)N1CCC(NCC(=O)NC(CNC(=O)c2cc(C)cc(C)c2)c2ccc(Cl)c(Cl)c2)CC1. The van der Waals surface area contributed by atoms with Gasteiger partial charge in [-0.05, 0) is 63.4 Å². The van der Waals surface area contributed by atoms with Crippen LogP contribution in [0, 0.1) is 13.8 Å². The van der Waals surface area contributed by atoms with Crippen molar-refractivity contribution < 1.29 is 14.4 Å². The highest BCUT2D eigenvalue weighted by atomic mass is 35.5. The number of piperidine rings is 1. The maximum absolute atomic E-state index is 13.0. The molecule has 1 fully saturated rings. The minimum absolute atomic E-state index is 0.0913. The van der Waals surface area contributed by atoms with E-state index < -0.39 is 6.04 Å². The Morgan fingerprint density at radius 3 is 2.33 bits per heavy atom. The van der Waals surface area contributed by atoms with Crippen molar-refractivity contribution in [3.8, 4) is 0 Å². The van der Waals surface area contributed by atoms with E-state index in [9.17, 15) is 14.4 Å². The van der Waals surface area contributed by atoms with E-state index in [-0.39, 0.29) is 36.9 Å². The van der Waals surface area contributed by atoms with Crippen LogP contribution in [-0.2, 0) is 9.59 Å². The number of nitrogens with zero attached hydrogens (tertiary/aromatic N) is 1. The number of aryl methyl sites for hydroxylation is 2. The van der Waals surface area contributed by atoms with Crippen LogP contribution in [0.25, 0.3) is 0 Å². The highest BCUT2D eigenvalue weighted by Crippen LogP contribution is 2.26. The van der Waals surface area contributed by atoms with Gasteiger partial charge in [0.15, 0.2) is 0 Å². The summed E-state index contributed by atoms with van der Waals surface area (Å²) in [5, 5.41) is 9.99. The maximum Gasteiger partial charge on any atom is 0.255 e. The molecule has 3 rings (SSSR count). The molecule has 8 nitrogen and oxygen atoms in total. The lowest BCUT2D eigenvalue weighted by atomic mass is 10.0. The van der Waals surface area contributed by atoms with Crippen LogP contribution < -0.4 is 21.7 Å². The lowest BCUT2D eigenvalue weighted by Gasteiger charge is -2.32. The van der Waals surface area contributed by atoms with Gasteiger partial charge in [0.1, 0.15) is 0 Å². The van der Waals surface area contributed by atoms with Gasteiger partial charge < -0.3 is 26.6 Å². The maximum atomic E-state index is 13.0. The Labute approximate surface area is 246 Å². The summed E-state index contributed by atoms with van der Waals surface area (Å²) in [5.41, 5.74) is 9.33. The second-order valence-corrected chi connectivity index (χ2v) is 10.8. The van der Waals surface area contributed by atoms with Gasteiger partial charge in [-0.2, -0.15) is 0 Å². The molecule has 2 aromatic carbocycles. The van der Waals surface area contributed by atoms with Crippen LogP contribution in [0.1, 0.15) is 52.9 Å². The molecule has 2 aromatic rings. The molecule has 1 aliphatic heterocycles. The van der Waals surface area contributed by atoms with E-state index in [4.69, 9.17) is 28.9 Å². The fourth-order valence-electron chi connectivity index (χ4n) is 4.71. The number of nitrogens with one attached hydrogen (secondary N) is 3. The molecule has 0 saturated carbocycles. The Kier molecular flexibility index (Phi) is 11.6. The van der Waals surface area contributed by atoms with E-state index in [1.165, 1.54) is 6.20 Å². The fourth-order valence-corrected chi connectivity index (χ4v) is 5.02. The number of hydrogen-bond donors (Lipinski definition) is 4. The third kappa shape index (κ3) is 8.84. The second-order valence-electron chi connectivity index (χ2n) is 9.95. The molecule has 1 heterocycles. The van der Waals surface area contributed by atoms with Crippen molar-refractivity contribution >= 4 is 40.9 Å². The zero-order valence-electron chi connectivity index (χ0n) is 23.1. The second kappa shape index (κ2) is 14.9. The van der Waals surface area contributed by atoms with Crippen LogP contribution in [0.4, 0.5) is 0 Å². The summed E-state index contributed by atoms with van der Waals surface area (Å²) in [6.07, 6.45) is 6.24. The molecule has 0 spiro atoms. The van der Waals surface area contributed by atoms with Gasteiger partial charge in [-0.25, -0.2) is 0 Å². The minimum Gasteiger partial charge on any atom is -0.404 e. The first-order valence-electron chi connectivity index (χ1n) is 13.3. The molecule has 0 aliphatic carbocycles. The number of carbonyl (C=O) groups excluding carboxylic acids is 3. The largest absolute Gasteiger partial charge is 0.404 e. The predicted octanol–water partition coefficient (Wildman–Crippen LogP) is 4.20. The number of nitrogens with two attached hydrogens (primary N) is 1. The molecular formula is C30H37Cl2N5O3. The third-order valence-corrected chi connectivity index (χ3v) is 7.48. The summed E-state index contributed by atoms with van der Waals surface area (Å²) in [6.45, 7) is 7.12. The lowest BCUT2D eigenvalue weighted by molar-refractivity contribution is -0.128. The summed E-state index contributed by atoms with van der Waals surface area (Å²) < 4.78 is 0. The summed E-state index contributed by atoms with van der Waals surface area (Å²) in [4.78, 5) is 40.2. The van der Waals surface area contributed by atoms with Crippen LogP contribution in [-0.4, -0.2) is 54.8 Å². The highest BCUT2D eigenvalue weighted by Gasteiger charge is 2.25. The molecule has 3 amide bonds. The molecule has 40 heavy (non-hydrogen) atoms. The Morgan fingerprint density at radius 1 is 1.05 bits per heavy atom. The van der Waals surface area contributed by atoms with Crippen molar-refractivity contribution in [2.24, 2.45) is 5.73 Å². The summed E-state index contributed by atoms with van der Waals surface area (Å²) in [5.74, 6) is -0.548. The summed E-state index contributed by atoms with van der Waals surface area (Å²) in [6, 6.07) is 10.4. The first-order chi connectivity index (χ1) is 19.1. The number of likely N-dealkylation sites (tertiary alicyclic amines) is 1. The van der Waals surface area contributed by atoms with Crippen molar-refractivity contribution in [3.63, 3.8) is 0 Å². The van der Waals surface area contributed by atoms with E-state index in [0.717, 1.165) is 29.5 Å². The van der Waals surface area contributed by atoms with Crippen molar-refractivity contribution in [2.45, 2.75) is 45.7 Å². The highest BCUT2D eigenvalue weighted by molar-refractivity contribution is 6.42. The van der Waals surface area contributed by atoms with Crippen molar-refractivity contribution in [3.05, 3.63) is 92.6 Å². The number of carbonyl (C=O) groups is 3. The van der Waals surface area contributed by atoms with Crippen molar-refractivity contribution in [2.75, 3.05) is 26.2 Å². The molecule has 1 atom stereocenters. The quantitative estimate of drug-likeness (QED) is 0.246. The monoisotopic (exact) mass is 585 g/mol. The smallest absolute Gasteiger partial charge is 0.255 e. The van der Waals surface area contributed by atoms with E-state index in [1.807, 2.05) is 39.0 Å². The number of hydrogen-bond acceptors (Lipinski definition) is 5. The third-order valence-electron chi connectivity index (χ3n) is 6.74. The molecule has 10 heteroatoms. The molecule has 1 unspecified atom stereocenters. The van der Waals surface area contributed by atoms with Crippen LogP contribution in [0.5, 0.6) is 0 Å². The van der Waals surface area contributed by atoms with Gasteiger partial charge in [-0.1, -0.05) is 58.6 Å². The van der Waals surface area contributed by atoms with Crippen LogP contribution >= 0.6 is 23.2 Å². The van der Waals surface area contributed by atoms with Crippen LogP contribution in [0.3, 0.4) is 0 Å².